The van der Waals surface area contributed by atoms with Crippen LogP contribution in [-0.2, 0) is 24.0 Å². The number of amides is 1. The summed E-state index contributed by atoms with van der Waals surface area (Å²) in [5.41, 5.74) is 0.338. The van der Waals surface area contributed by atoms with Crippen molar-refractivity contribution in [2.45, 2.75) is 70.4 Å². The molecule has 0 unspecified atom stereocenters. The number of ether oxygens (including phenoxy) is 3. The van der Waals surface area contributed by atoms with Crippen LogP contribution in [0.25, 0.3) is 6.08 Å². The molecule has 1 amide bonds. The predicted octanol–water partition coefficient (Wildman–Crippen LogP) is 5.03. The minimum absolute atomic E-state index is 0.0204. The molecule has 9 heteroatoms. The van der Waals surface area contributed by atoms with Gasteiger partial charge in [0.05, 0.1) is 0 Å². The zero-order valence-corrected chi connectivity index (χ0v) is 24.7. The molecule has 5 saturated heterocycles. The van der Waals surface area contributed by atoms with Crippen LogP contribution in [0.3, 0.4) is 0 Å². The van der Waals surface area contributed by atoms with Gasteiger partial charge in [-0.3, -0.25) is 4.79 Å². The first-order chi connectivity index (χ1) is 20.3. The van der Waals surface area contributed by atoms with E-state index in [0.29, 0.717) is 24.9 Å². The largest absolute Gasteiger partial charge is 0.465 e. The van der Waals surface area contributed by atoms with Crippen LogP contribution in [-0.4, -0.2) is 65.9 Å². The maximum atomic E-state index is 12.8. The summed E-state index contributed by atoms with van der Waals surface area (Å²) in [6, 6.07) is 13.7. The van der Waals surface area contributed by atoms with E-state index in [2.05, 4.69) is 23.7 Å². The SMILES string of the molecule is C[C@H]1[C@@H](Oc2ccc(/C=C/C(=O)N3CCN(c4ccccn4)CC3)cc2)O[C@@H]2O[C@@]3(C)CC[C@H]4[C@H](C)CC[C@@H]1[C@@]24OO3. The maximum Gasteiger partial charge on any atom is 0.246 e. The number of carbonyl (C=O) groups is 1. The first-order valence-electron chi connectivity index (χ1n) is 15.4. The van der Waals surface area contributed by atoms with Crippen LogP contribution in [0.5, 0.6) is 5.75 Å². The second-order valence-corrected chi connectivity index (χ2v) is 12.8. The van der Waals surface area contributed by atoms with Gasteiger partial charge in [0.25, 0.3) is 0 Å². The van der Waals surface area contributed by atoms with Crippen LogP contribution >= 0.6 is 0 Å². The summed E-state index contributed by atoms with van der Waals surface area (Å²) in [6.45, 7) is 9.34. The summed E-state index contributed by atoms with van der Waals surface area (Å²) in [6.07, 6.45) is 8.29. The highest BCUT2D eigenvalue weighted by atomic mass is 17.3. The van der Waals surface area contributed by atoms with Crippen molar-refractivity contribution in [1.29, 1.82) is 0 Å². The Labute approximate surface area is 247 Å². The third kappa shape index (κ3) is 4.90. The molecule has 1 aromatic heterocycles. The lowest BCUT2D eigenvalue weighted by atomic mass is 9.58. The summed E-state index contributed by atoms with van der Waals surface area (Å²) < 4.78 is 19.4. The summed E-state index contributed by atoms with van der Waals surface area (Å²) in [5.74, 6) is 2.05. The number of carbonyl (C=O) groups excluding carboxylic acids is 1. The number of pyridine rings is 1. The van der Waals surface area contributed by atoms with Gasteiger partial charge in [-0.05, 0) is 73.9 Å². The molecular weight excluding hydrogens is 534 g/mol. The van der Waals surface area contributed by atoms with Crippen LogP contribution in [0.1, 0.15) is 52.0 Å². The van der Waals surface area contributed by atoms with E-state index < -0.39 is 24.0 Å². The van der Waals surface area contributed by atoms with Crippen molar-refractivity contribution < 1.29 is 28.8 Å². The molecule has 8 rings (SSSR count). The van der Waals surface area contributed by atoms with Gasteiger partial charge >= 0.3 is 0 Å². The highest BCUT2D eigenvalue weighted by molar-refractivity contribution is 5.92. The normalized spacial score (nSPS) is 37.8. The molecule has 224 valence electrons. The highest BCUT2D eigenvalue weighted by Gasteiger charge is 2.69. The fourth-order valence-corrected chi connectivity index (χ4v) is 7.77. The van der Waals surface area contributed by atoms with Crippen molar-refractivity contribution in [2.24, 2.45) is 23.7 Å². The molecule has 0 radical (unpaired) electrons. The van der Waals surface area contributed by atoms with E-state index in [1.807, 2.05) is 60.4 Å². The number of rotatable bonds is 5. The zero-order valence-electron chi connectivity index (χ0n) is 24.7. The molecule has 8 atom stereocenters. The first kappa shape index (κ1) is 27.8. The molecule has 1 aliphatic carbocycles. The van der Waals surface area contributed by atoms with Gasteiger partial charge in [0.2, 0.25) is 18.0 Å². The lowest BCUT2D eigenvalue weighted by molar-refractivity contribution is -0.575. The Morgan fingerprint density at radius 3 is 2.57 bits per heavy atom. The summed E-state index contributed by atoms with van der Waals surface area (Å²) in [7, 11) is 0. The first-order valence-corrected chi connectivity index (χ1v) is 15.4. The molecule has 42 heavy (non-hydrogen) atoms. The molecule has 6 aliphatic rings. The number of anilines is 1. The number of aromatic nitrogens is 1. The zero-order chi connectivity index (χ0) is 28.9. The number of nitrogens with zero attached hydrogens (tertiary/aromatic N) is 3. The van der Waals surface area contributed by atoms with E-state index in [4.69, 9.17) is 24.0 Å². The Morgan fingerprint density at radius 2 is 1.81 bits per heavy atom. The number of benzene rings is 1. The van der Waals surface area contributed by atoms with E-state index in [1.165, 1.54) is 0 Å². The van der Waals surface area contributed by atoms with Gasteiger partial charge < -0.3 is 24.0 Å². The average Bonchev–Trinajstić information content (AvgIpc) is 3.25. The molecule has 0 N–H and O–H groups in total. The van der Waals surface area contributed by atoms with Gasteiger partial charge in [0, 0.05) is 56.7 Å². The standard InChI is InChI=1S/C33H41N3O6/c1-22-7-13-27-23(2)30(39-31-33(27)26(22)15-16-32(3,40-31)41-42-33)38-25-11-8-24(9-12-25)10-14-29(37)36-20-18-35(19-21-36)28-6-4-5-17-34-28/h4-6,8-12,14,17,22-23,26-27,30-31H,7,13,15-16,18-21H2,1-3H3/b14-10+/t22-,23-,26+,27+,30+,31-,32-,33-/m1/s1. The fourth-order valence-electron chi connectivity index (χ4n) is 7.77. The van der Waals surface area contributed by atoms with Gasteiger partial charge in [-0.15, -0.1) is 0 Å². The van der Waals surface area contributed by atoms with E-state index in [1.54, 1.807) is 12.3 Å². The van der Waals surface area contributed by atoms with Gasteiger partial charge in [0.15, 0.2) is 11.9 Å². The van der Waals surface area contributed by atoms with Gasteiger partial charge in [-0.2, -0.15) is 0 Å². The lowest BCUT2D eigenvalue weighted by Gasteiger charge is -2.60. The number of fused-ring (bicyclic) bond motifs is 2. The smallest absolute Gasteiger partial charge is 0.246 e. The molecule has 2 aromatic rings. The van der Waals surface area contributed by atoms with E-state index in [9.17, 15) is 4.79 Å². The van der Waals surface area contributed by atoms with Crippen molar-refractivity contribution in [1.82, 2.24) is 9.88 Å². The number of hydrogen-bond donors (Lipinski definition) is 0. The van der Waals surface area contributed by atoms with Crippen LogP contribution in [0.15, 0.2) is 54.7 Å². The van der Waals surface area contributed by atoms with E-state index >= 15 is 0 Å². The molecule has 1 saturated carbocycles. The number of hydrogen-bond acceptors (Lipinski definition) is 8. The third-order valence-electron chi connectivity index (χ3n) is 10.2. The Kier molecular flexibility index (Phi) is 7.25. The molecule has 1 aromatic carbocycles. The molecule has 9 nitrogen and oxygen atoms in total. The quantitative estimate of drug-likeness (QED) is 0.363. The van der Waals surface area contributed by atoms with Crippen LogP contribution in [0, 0.1) is 23.7 Å². The Balaban J connectivity index is 0.978. The van der Waals surface area contributed by atoms with Crippen LogP contribution in [0.4, 0.5) is 5.82 Å². The molecule has 2 bridgehead atoms. The van der Waals surface area contributed by atoms with Crippen molar-refractivity contribution in [3.05, 3.63) is 60.3 Å². The minimum Gasteiger partial charge on any atom is -0.465 e. The minimum atomic E-state index is -0.805. The van der Waals surface area contributed by atoms with Crippen molar-refractivity contribution in [2.75, 3.05) is 31.1 Å². The monoisotopic (exact) mass is 575 g/mol. The van der Waals surface area contributed by atoms with Crippen molar-refractivity contribution in [3.63, 3.8) is 0 Å². The van der Waals surface area contributed by atoms with Crippen LogP contribution < -0.4 is 9.64 Å². The van der Waals surface area contributed by atoms with Crippen LogP contribution in [0.2, 0.25) is 0 Å². The number of piperazine rings is 1. The second kappa shape index (κ2) is 10.9. The van der Waals surface area contributed by atoms with E-state index in [-0.39, 0.29) is 17.7 Å². The third-order valence-corrected chi connectivity index (χ3v) is 10.2. The van der Waals surface area contributed by atoms with Gasteiger partial charge in [-0.1, -0.05) is 32.0 Å². The van der Waals surface area contributed by atoms with Crippen molar-refractivity contribution >= 4 is 17.8 Å². The van der Waals surface area contributed by atoms with Crippen molar-refractivity contribution in [3.8, 4) is 5.75 Å². The summed E-state index contributed by atoms with van der Waals surface area (Å²) in [4.78, 5) is 33.5. The topological polar surface area (TPSA) is 82.6 Å². The maximum absolute atomic E-state index is 12.8. The molecular formula is C33H41N3O6. The highest BCUT2D eigenvalue weighted by Crippen LogP contribution is 2.60. The molecule has 6 heterocycles. The fraction of sp³-hybridized carbons (Fsp3) is 0.576. The van der Waals surface area contributed by atoms with Gasteiger partial charge in [-0.25, -0.2) is 14.8 Å². The Morgan fingerprint density at radius 1 is 1.00 bits per heavy atom. The Hall–Kier alpha value is -2.98. The average molecular weight is 576 g/mol. The molecule has 5 aliphatic heterocycles. The van der Waals surface area contributed by atoms with E-state index in [0.717, 1.165) is 55.9 Å². The second-order valence-electron chi connectivity index (χ2n) is 12.8. The summed E-state index contributed by atoms with van der Waals surface area (Å²) in [5, 5.41) is 0. The predicted molar refractivity (Wildman–Crippen MR) is 156 cm³/mol. The molecule has 6 fully saturated rings. The van der Waals surface area contributed by atoms with Gasteiger partial charge in [0.1, 0.15) is 11.6 Å². The summed E-state index contributed by atoms with van der Waals surface area (Å²) >= 11 is 0. The Bertz CT molecular complexity index is 1300. The lowest BCUT2D eigenvalue weighted by Crippen LogP contribution is -2.70. The molecule has 1 spiro atoms.